The molecule has 3 aromatic carbocycles. The third-order valence-electron chi connectivity index (χ3n) is 8.71. The first kappa shape index (κ1) is 28.2. The Hall–Kier alpha value is -4.61. The van der Waals surface area contributed by atoms with Crippen molar-refractivity contribution in [3.63, 3.8) is 0 Å². The zero-order valence-electron chi connectivity index (χ0n) is 23.0. The van der Waals surface area contributed by atoms with Crippen molar-refractivity contribution in [1.82, 2.24) is 13.9 Å². The molecule has 2 fully saturated rings. The molecule has 1 aromatic heterocycles. The van der Waals surface area contributed by atoms with E-state index in [1.165, 1.54) is 40.7 Å². The lowest BCUT2D eigenvalue weighted by molar-refractivity contribution is -0.122. The molecule has 2 amide bonds. The van der Waals surface area contributed by atoms with Gasteiger partial charge in [0.05, 0.1) is 31.1 Å². The van der Waals surface area contributed by atoms with E-state index in [0.29, 0.717) is 16.8 Å². The lowest BCUT2D eigenvalue weighted by Gasteiger charge is -2.49. The van der Waals surface area contributed by atoms with Crippen LogP contribution in [0, 0.1) is 5.82 Å². The van der Waals surface area contributed by atoms with Gasteiger partial charge in [0.2, 0.25) is 0 Å². The Kier molecular flexibility index (Phi) is 6.21. The first-order valence-electron chi connectivity index (χ1n) is 13.6. The van der Waals surface area contributed by atoms with E-state index in [1.54, 1.807) is 42.5 Å². The van der Waals surface area contributed by atoms with Crippen LogP contribution >= 0.6 is 23.2 Å². The largest absolute Gasteiger partial charge is 0.504 e. The maximum atomic E-state index is 14.3. The van der Waals surface area contributed by atoms with Crippen LogP contribution in [0.15, 0.2) is 94.0 Å². The summed E-state index contributed by atoms with van der Waals surface area (Å²) in [6.07, 6.45) is 1.38. The second kappa shape index (κ2) is 9.70. The summed E-state index contributed by atoms with van der Waals surface area (Å²) in [5.41, 5.74) is -0.0462. The average Bonchev–Trinajstić information content (AvgIpc) is 3.36. The number of aromatic nitrogens is 3. The van der Waals surface area contributed by atoms with E-state index in [1.807, 2.05) is 0 Å². The molecule has 224 valence electrons. The maximum absolute atomic E-state index is 14.3. The molecule has 3 aliphatic rings. The number of ether oxygens (including phenoxy) is 1. The van der Waals surface area contributed by atoms with Gasteiger partial charge in [-0.3, -0.25) is 9.59 Å². The summed E-state index contributed by atoms with van der Waals surface area (Å²) in [6, 6.07) is 16.6. The van der Waals surface area contributed by atoms with Crippen molar-refractivity contribution < 1.29 is 23.8 Å². The molecule has 4 unspecified atom stereocenters. The third kappa shape index (κ3) is 3.59. The van der Waals surface area contributed by atoms with Crippen molar-refractivity contribution in [3.8, 4) is 17.2 Å². The number of aromatic hydroxyl groups is 1. The maximum Gasteiger partial charge on any atom is 0.352 e. The van der Waals surface area contributed by atoms with E-state index in [2.05, 4.69) is 0 Å². The van der Waals surface area contributed by atoms with Crippen molar-refractivity contribution >= 4 is 40.7 Å². The fraction of sp³-hybridized carbons (Fsp3) is 0.226. The first-order chi connectivity index (χ1) is 21.0. The number of benzene rings is 3. The Balaban J connectivity index is 1.47. The Bertz CT molecular complexity index is 2020. The van der Waals surface area contributed by atoms with Crippen LogP contribution in [-0.4, -0.2) is 47.7 Å². The van der Waals surface area contributed by atoms with E-state index < -0.39 is 50.7 Å². The van der Waals surface area contributed by atoms with Crippen LogP contribution in [0.5, 0.6) is 11.5 Å². The molecular weight excluding hydrogens is 614 g/mol. The number of nitrogens with zero attached hydrogens (tertiary/aromatic N) is 4. The lowest BCUT2D eigenvalue weighted by atomic mass is 9.64. The van der Waals surface area contributed by atoms with Gasteiger partial charge in [0.1, 0.15) is 5.82 Å². The molecule has 1 saturated carbocycles. The topological polar surface area (TPSA) is 116 Å². The van der Waals surface area contributed by atoms with Crippen LogP contribution in [0.2, 0.25) is 0 Å². The first-order valence-corrected chi connectivity index (χ1v) is 14.4. The molecule has 4 atom stereocenters. The lowest BCUT2D eigenvalue weighted by Crippen LogP contribution is -2.59. The fourth-order valence-electron chi connectivity index (χ4n) is 6.72. The van der Waals surface area contributed by atoms with Gasteiger partial charge < -0.3 is 9.84 Å². The number of para-hydroxylation sites is 1. The number of phenols is 1. The minimum absolute atomic E-state index is 0.0373. The summed E-state index contributed by atoms with van der Waals surface area (Å²) in [5, 5.41) is 10.7. The number of phenolic OH excluding ortho intramolecular Hbond substituents is 1. The molecule has 1 N–H and O–H groups in total. The van der Waals surface area contributed by atoms with Crippen molar-refractivity contribution in [2.24, 2.45) is 0 Å². The number of carbonyl (C=O) groups excluding carboxylic acids is 2. The van der Waals surface area contributed by atoms with Gasteiger partial charge in [0.25, 0.3) is 11.8 Å². The number of allylic oxidation sites excluding steroid dienone is 2. The van der Waals surface area contributed by atoms with Crippen molar-refractivity contribution in [3.05, 3.63) is 117 Å². The molecule has 1 aliphatic carbocycles. The second-order valence-corrected chi connectivity index (χ2v) is 12.1. The number of imide groups is 1. The summed E-state index contributed by atoms with van der Waals surface area (Å²) >= 11 is 14.6. The number of methoxy groups -OCH3 is 1. The van der Waals surface area contributed by atoms with E-state index in [4.69, 9.17) is 27.9 Å². The number of rotatable bonds is 4. The number of fused-ring (bicyclic) bond motifs is 4. The Morgan fingerprint density at radius 3 is 2.27 bits per heavy atom. The number of alkyl halides is 2. The van der Waals surface area contributed by atoms with E-state index in [0.717, 1.165) is 21.6 Å². The molecular formula is C31H23Cl2FN4O6. The van der Waals surface area contributed by atoms with Crippen LogP contribution < -0.4 is 21.0 Å². The van der Waals surface area contributed by atoms with Crippen molar-refractivity contribution in [2.45, 2.75) is 34.7 Å². The summed E-state index contributed by atoms with van der Waals surface area (Å²) in [7, 11) is 1.38. The van der Waals surface area contributed by atoms with Gasteiger partial charge in [-0.1, -0.05) is 30.3 Å². The van der Waals surface area contributed by atoms with Gasteiger partial charge in [0, 0.05) is 12.3 Å². The van der Waals surface area contributed by atoms with E-state index >= 15 is 0 Å². The normalized spacial score (nSPS) is 25.7. The van der Waals surface area contributed by atoms with Crippen LogP contribution in [0.4, 0.5) is 10.1 Å². The number of anilines is 1. The summed E-state index contributed by atoms with van der Waals surface area (Å²) in [4.78, 5) is 52.6. The molecule has 44 heavy (non-hydrogen) atoms. The number of hydrogen-bond donors (Lipinski definition) is 1. The zero-order valence-corrected chi connectivity index (χ0v) is 24.5. The van der Waals surface area contributed by atoms with Gasteiger partial charge in [-0.2, -0.15) is 0 Å². The highest BCUT2D eigenvalue weighted by Crippen LogP contribution is 2.64. The van der Waals surface area contributed by atoms with Gasteiger partial charge in [-0.05, 0) is 59.7 Å². The highest BCUT2D eigenvalue weighted by molar-refractivity contribution is 6.58. The number of carbonyl (C=O) groups is 2. The van der Waals surface area contributed by atoms with Crippen molar-refractivity contribution in [2.75, 3.05) is 12.0 Å². The highest BCUT2D eigenvalue weighted by Gasteiger charge is 2.75. The minimum atomic E-state index is -2.14. The molecule has 7 rings (SSSR count). The monoisotopic (exact) mass is 636 g/mol. The standard InChI is InChI=1S/C31H23Cl2FN4O6/c1-44-24-12-7-17(15-23(24)39)25-21-13-14-35-28(42)37(19-5-3-2-4-6-19)29(43)38(35)22(21)16-30(32)26(40)36(27(41)31(25,30)33)20-10-8-18(34)9-11-20/h2-13,15,22,25,39H,14,16H2,1H3. The molecule has 1 saturated heterocycles. The predicted octanol–water partition coefficient (Wildman–Crippen LogP) is 3.85. The number of halogens is 3. The minimum Gasteiger partial charge on any atom is -0.504 e. The Morgan fingerprint density at radius 1 is 0.909 bits per heavy atom. The summed E-state index contributed by atoms with van der Waals surface area (Å²) < 4.78 is 22.5. The van der Waals surface area contributed by atoms with Crippen LogP contribution in [0.3, 0.4) is 0 Å². The Morgan fingerprint density at radius 2 is 1.61 bits per heavy atom. The highest BCUT2D eigenvalue weighted by atomic mass is 35.5. The number of hydrogen-bond acceptors (Lipinski definition) is 6. The van der Waals surface area contributed by atoms with Crippen molar-refractivity contribution in [1.29, 1.82) is 0 Å². The SMILES string of the molecule is COc1ccc(C2C3=CCn4c(=O)n(-c5ccccc5)c(=O)n4C3CC3(Cl)C(=O)N(c4ccc(F)cc4)C(=O)C23Cl)cc1O. The molecule has 2 aliphatic heterocycles. The van der Waals surface area contributed by atoms with Crippen LogP contribution in [0.1, 0.15) is 23.9 Å². The zero-order chi connectivity index (χ0) is 31.1. The fourth-order valence-corrected chi connectivity index (χ4v) is 7.63. The average molecular weight is 637 g/mol. The number of amides is 2. The van der Waals surface area contributed by atoms with Gasteiger partial charge in [0.15, 0.2) is 21.2 Å². The second-order valence-electron chi connectivity index (χ2n) is 10.9. The van der Waals surface area contributed by atoms with E-state index in [9.17, 15) is 28.7 Å². The molecule has 4 aromatic rings. The molecule has 3 heterocycles. The summed E-state index contributed by atoms with van der Waals surface area (Å²) in [5.74, 6) is -3.51. The van der Waals surface area contributed by atoms with Gasteiger partial charge in [-0.15, -0.1) is 23.2 Å². The third-order valence-corrected chi connectivity index (χ3v) is 10.1. The van der Waals surface area contributed by atoms with Gasteiger partial charge >= 0.3 is 11.4 Å². The quantitative estimate of drug-likeness (QED) is 0.207. The molecule has 0 spiro atoms. The smallest absolute Gasteiger partial charge is 0.352 e. The summed E-state index contributed by atoms with van der Waals surface area (Å²) in [6.45, 7) is -0.0373. The molecule has 13 heteroatoms. The molecule has 0 bridgehead atoms. The predicted molar refractivity (Wildman–Crippen MR) is 159 cm³/mol. The molecule has 10 nitrogen and oxygen atoms in total. The Labute approximate surface area is 258 Å². The van der Waals surface area contributed by atoms with E-state index in [-0.39, 0.29) is 30.2 Å². The van der Waals surface area contributed by atoms with Gasteiger partial charge in [-0.25, -0.2) is 32.8 Å². The van der Waals surface area contributed by atoms with Crippen LogP contribution in [0.25, 0.3) is 5.69 Å². The molecule has 0 radical (unpaired) electrons. The van der Waals surface area contributed by atoms with Crippen LogP contribution in [-0.2, 0) is 16.1 Å².